The van der Waals surface area contributed by atoms with Crippen molar-refractivity contribution in [3.05, 3.63) is 39.9 Å². The van der Waals surface area contributed by atoms with Crippen molar-refractivity contribution in [1.29, 1.82) is 0 Å². The van der Waals surface area contributed by atoms with Crippen LogP contribution in [0.3, 0.4) is 0 Å². The second kappa shape index (κ2) is 7.43. The van der Waals surface area contributed by atoms with Crippen LogP contribution in [0, 0.1) is 5.92 Å². The van der Waals surface area contributed by atoms with Gasteiger partial charge < -0.3 is 9.47 Å². The molecule has 3 rings (SSSR count). The van der Waals surface area contributed by atoms with E-state index in [1.165, 1.54) is 0 Å². The number of allylic oxidation sites excluding steroid dienone is 1. The Labute approximate surface area is 141 Å². The fourth-order valence-electron chi connectivity index (χ4n) is 3.08. The summed E-state index contributed by atoms with van der Waals surface area (Å²) in [5, 5.41) is 2.03. The summed E-state index contributed by atoms with van der Waals surface area (Å²) in [6, 6.07) is 1.87. The number of nitrogens with zero attached hydrogens (tertiary/aromatic N) is 2. The summed E-state index contributed by atoms with van der Waals surface area (Å²) >= 11 is 0. The highest BCUT2D eigenvalue weighted by Gasteiger charge is 2.17. The topological polar surface area (TPSA) is 60.8 Å². The van der Waals surface area contributed by atoms with E-state index in [0.29, 0.717) is 24.1 Å². The highest BCUT2D eigenvalue weighted by molar-refractivity contribution is 5.87. The number of rotatable bonds is 5. The minimum absolute atomic E-state index is 0.300. The van der Waals surface area contributed by atoms with Crippen molar-refractivity contribution < 1.29 is 14.3 Å². The zero-order valence-electron chi connectivity index (χ0n) is 14.1. The number of hydrogen-bond acceptors (Lipinski definition) is 5. The van der Waals surface area contributed by atoms with Crippen LogP contribution in [0.4, 0.5) is 0 Å². The number of hydrogen-bond donors (Lipinski definition) is 0. The van der Waals surface area contributed by atoms with E-state index in [2.05, 4.69) is 22.1 Å². The molecule has 0 fully saturated rings. The van der Waals surface area contributed by atoms with Crippen LogP contribution in [0.15, 0.2) is 23.0 Å². The first-order valence-corrected chi connectivity index (χ1v) is 8.37. The molecule has 0 aromatic carbocycles. The predicted octanol–water partition coefficient (Wildman–Crippen LogP) is 1.73. The maximum Gasteiger partial charge on any atom is 0.356 e. The number of ether oxygens (including phenoxy) is 2. The number of pyridine rings is 1. The van der Waals surface area contributed by atoms with Gasteiger partial charge in [0.15, 0.2) is 0 Å². The Morgan fingerprint density at radius 2 is 2.17 bits per heavy atom. The quantitative estimate of drug-likeness (QED) is 0.773. The van der Waals surface area contributed by atoms with Gasteiger partial charge in [-0.3, -0.25) is 0 Å². The maximum absolute atomic E-state index is 12.1. The van der Waals surface area contributed by atoms with E-state index in [-0.39, 0.29) is 5.97 Å². The van der Waals surface area contributed by atoms with E-state index in [4.69, 9.17) is 9.47 Å². The zero-order valence-corrected chi connectivity index (χ0v) is 14.1. The van der Waals surface area contributed by atoms with E-state index in [1.54, 1.807) is 14.0 Å². The first-order valence-electron chi connectivity index (χ1n) is 8.37. The molecule has 0 bridgehead atoms. The highest BCUT2D eigenvalue weighted by Crippen LogP contribution is 2.18. The fraction of sp³-hybridized carbons (Fsp3) is 0.421. The molecule has 0 amide bonds. The lowest BCUT2D eigenvalue weighted by Crippen LogP contribution is -2.36. The number of aromatic nitrogens is 1. The Balaban J connectivity index is 1.97. The number of fused-ring (bicyclic) bond motifs is 1. The molecule has 0 N–H and O–H groups in total. The molecule has 0 radical (unpaired) electrons. The van der Waals surface area contributed by atoms with Gasteiger partial charge in [0.25, 0.3) is 0 Å². The van der Waals surface area contributed by atoms with Crippen molar-refractivity contribution >= 4 is 24.3 Å². The van der Waals surface area contributed by atoms with Gasteiger partial charge in [0.2, 0.25) is 5.88 Å². The Morgan fingerprint density at radius 3 is 2.96 bits per heavy atom. The van der Waals surface area contributed by atoms with Gasteiger partial charge in [0.1, 0.15) is 5.69 Å². The first-order chi connectivity index (χ1) is 11.7. The molecule has 5 heteroatoms. The van der Waals surface area contributed by atoms with Crippen molar-refractivity contribution in [1.82, 2.24) is 4.98 Å². The summed E-state index contributed by atoms with van der Waals surface area (Å²) in [5.41, 5.74) is 1.52. The van der Waals surface area contributed by atoms with Gasteiger partial charge in [-0.05, 0) is 61.4 Å². The van der Waals surface area contributed by atoms with Crippen LogP contribution in [-0.4, -0.2) is 30.9 Å². The Hall–Kier alpha value is -2.43. The normalized spacial score (nSPS) is 18.8. The molecule has 2 heterocycles. The van der Waals surface area contributed by atoms with Gasteiger partial charge in [-0.2, -0.15) is 0 Å². The Bertz CT molecular complexity index is 809. The average molecular weight is 326 g/mol. The molecule has 126 valence electrons. The van der Waals surface area contributed by atoms with Gasteiger partial charge in [0, 0.05) is 6.21 Å². The molecule has 1 aromatic rings. The van der Waals surface area contributed by atoms with Crippen LogP contribution >= 0.6 is 0 Å². The molecule has 1 aliphatic carbocycles. The third-order valence-electron chi connectivity index (χ3n) is 4.21. The summed E-state index contributed by atoms with van der Waals surface area (Å²) in [6.45, 7) is 2.15. The zero-order chi connectivity index (χ0) is 16.9. The summed E-state index contributed by atoms with van der Waals surface area (Å²) in [6.07, 6.45) is 11.9. The summed E-state index contributed by atoms with van der Waals surface area (Å²) < 4.78 is 10.3. The summed E-state index contributed by atoms with van der Waals surface area (Å²) in [4.78, 5) is 20.8. The van der Waals surface area contributed by atoms with Crippen LogP contribution in [0.1, 0.15) is 42.2 Å². The third-order valence-corrected chi connectivity index (χ3v) is 4.21. The molecular formula is C19H22N2O3. The number of carbonyl (C=O) groups is 1. The molecule has 1 aromatic heterocycles. The largest absolute Gasteiger partial charge is 0.481 e. The van der Waals surface area contributed by atoms with E-state index < -0.39 is 0 Å². The Kier molecular flexibility index (Phi) is 5.08. The highest BCUT2D eigenvalue weighted by atomic mass is 16.5. The molecule has 0 saturated heterocycles. The lowest BCUT2D eigenvalue weighted by molar-refractivity contribution is 0.0519. The van der Waals surface area contributed by atoms with Crippen LogP contribution in [-0.2, 0) is 15.9 Å². The molecule has 1 atom stereocenters. The van der Waals surface area contributed by atoms with Crippen LogP contribution in [0.2, 0.25) is 0 Å². The van der Waals surface area contributed by atoms with Gasteiger partial charge in [-0.25, -0.2) is 14.8 Å². The third kappa shape index (κ3) is 3.55. The predicted molar refractivity (Wildman–Crippen MR) is 93.0 cm³/mol. The van der Waals surface area contributed by atoms with Crippen molar-refractivity contribution in [3.8, 4) is 0 Å². The van der Waals surface area contributed by atoms with Gasteiger partial charge >= 0.3 is 5.97 Å². The summed E-state index contributed by atoms with van der Waals surface area (Å²) in [5.74, 6) is 0.587. The van der Waals surface area contributed by atoms with E-state index >= 15 is 0 Å². The van der Waals surface area contributed by atoms with Crippen molar-refractivity contribution in [2.24, 2.45) is 10.9 Å². The fourth-order valence-corrected chi connectivity index (χ4v) is 3.08. The van der Waals surface area contributed by atoms with Crippen LogP contribution in [0.25, 0.3) is 12.2 Å². The molecule has 1 unspecified atom stereocenters. The molecule has 0 spiro atoms. The van der Waals surface area contributed by atoms with Crippen LogP contribution < -0.4 is 10.6 Å². The smallest absolute Gasteiger partial charge is 0.356 e. The Morgan fingerprint density at radius 1 is 1.33 bits per heavy atom. The number of esters is 1. The van der Waals surface area contributed by atoms with Gasteiger partial charge in [0.05, 0.1) is 19.1 Å². The van der Waals surface area contributed by atoms with Gasteiger partial charge in [-0.1, -0.05) is 12.2 Å². The number of carbonyl (C=O) groups excluding carboxylic acids is 1. The summed E-state index contributed by atoms with van der Waals surface area (Å²) in [7, 11) is 1.63. The SMILES string of the molecule is CCOC(=O)c1cc(CC2C=C(OC)N=CC2)c2c(n1)=CCCC=2. The molecule has 24 heavy (non-hydrogen) atoms. The lowest BCUT2D eigenvalue weighted by Gasteiger charge is -2.17. The van der Waals surface area contributed by atoms with Crippen molar-refractivity contribution in [3.63, 3.8) is 0 Å². The molecule has 2 aliphatic rings. The maximum atomic E-state index is 12.1. The standard InChI is InChI=1S/C19H22N2O3/c1-3-24-19(22)17-12-14(15-6-4-5-7-16(15)21-17)10-13-8-9-20-18(11-13)23-2/h6-7,9,11-13H,3-5,8,10H2,1-2H3. The second-order valence-electron chi connectivity index (χ2n) is 5.89. The molecule has 0 saturated carbocycles. The van der Waals surface area contributed by atoms with E-state index in [9.17, 15) is 4.79 Å². The molecular weight excluding hydrogens is 304 g/mol. The van der Waals surface area contributed by atoms with Crippen LogP contribution in [0.5, 0.6) is 0 Å². The molecule has 5 nitrogen and oxygen atoms in total. The minimum atomic E-state index is -0.362. The lowest BCUT2D eigenvalue weighted by atomic mass is 9.93. The number of aliphatic imine (C=N–C) groups is 1. The first kappa shape index (κ1) is 16.4. The molecule has 1 aliphatic heterocycles. The van der Waals surface area contributed by atoms with Gasteiger partial charge in [-0.15, -0.1) is 0 Å². The number of methoxy groups -OCH3 is 1. The average Bonchev–Trinajstić information content (AvgIpc) is 2.62. The monoisotopic (exact) mass is 326 g/mol. The second-order valence-corrected chi connectivity index (χ2v) is 5.89. The van der Waals surface area contributed by atoms with E-state index in [0.717, 1.165) is 41.8 Å². The van der Waals surface area contributed by atoms with Crippen molar-refractivity contribution in [2.45, 2.75) is 32.6 Å². The van der Waals surface area contributed by atoms with Crippen molar-refractivity contribution in [2.75, 3.05) is 13.7 Å². The van der Waals surface area contributed by atoms with E-state index in [1.807, 2.05) is 18.4 Å². The minimum Gasteiger partial charge on any atom is -0.481 e.